The molecule has 1 heterocycles. The molecular formula is C14H11BrN2. The van der Waals surface area contributed by atoms with Gasteiger partial charge >= 0.3 is 0 Å². The second-order valence-electron chi connectivity index (χ2n) is 4.02. The first-order valence-electron chi connectivity index (χ1n) is 5.46. The molecule has 0 bridgehead atoms. The Morgan fingerprint density at radius 2 is 1.82 bits per heavy atom. The average Bonchev–Trinajstić information content (AvgIpc) is 2.80. The average molecular weight is 287 g/mol. The van der Waals surface area contributed by atoms with Crippen molar-refractivity contribution in [1.29, 1.82) is 0 Å². The Bertz CT molecular complexity index is 671. The van der Waals surface area contributed by atoms with Crippen molar-refractivity contribution in [3.05, 3.63) is 52.5 Å². The number of halogens is 1. The molecule has 0 saturated carbocycles. The molecule has 0 aliphatic carbocycles. The number of rotatable bonds is 1. The van der Waals surface area contributed by atoms with Crippen LogP contribution in [-0.2, 0) is 0 Å². The van der Waals surface area contributed by atoms with E-state index in [1.807, 2.05) is 30.3 Å². The van der Waals surface area contributed by atoms with Crippen LogP contribution in [-0.4, -0.2) is 9.97 Å². The molecule has 2 nitrogen and oxygen atoms in total. The fourth-order valence-corrected chi connectivity index (χ4v) is 2.24. The Kier molecular flexibility index (Phi) is 2.48. The van der Waals surface area contributed by atoms with Crippen LogP contribution in [0.4, 0.5) is 0 Å². The number of H-pyrrole nitrogens is 1. The van der Waals surface area contributed by atoms with Crippen molar-refractivity contribution in [2.75, 3.05) is 0 Å². The molecule has 2 aromatic carbocycles. The molecule has 0 amide bonds. The number of aromatic amines is 1. The Morgan fingerprint density at radius 3 is 2.59 bits per heavy atom. The van der Waals surface area contributed by atoms with Gasteiger partial charge in [-0.05, 0) is 24.6 Å². The summed E-state index contributed by atoms with van der Waals surface area (Å²) in [7, 11) is 0. The van der Waals surface area contributed by atoms with Crippen molar-refractivity contribution < 1.29 is 0 Å². The van der Waals surface area contributed by atoms with E-state index in [2.05, 4.69) is 45.0 Å². The van der Waals surface area contributed by atoms with Gasteiger partial charge in [0.15, 0.2) is 0 Å². The van der Waals surface area contributed by atoms with Crippen molar-refractivity contribution in [2.45, 2.75) is 6.92 Å². The van der Waals surface area contributed by atoms with E-state index >= 15 is 0 Å². The van der Waals surface area contributed by atoms with E-state index in [0.29, 0.717) is 0 Å². The van der Waals surface area contributed by atoms with Crippen LogP contribution < -0.4 is 0 Å². The van der Waals surface area contributed by atoms with Gasteiger partial charge in [0.2, 0.25) is 0 Å². The summed E-state index contributed by atoms with van der Waals surface area (Å²) in [6.45, 7) is 2.07. The van der Waals surface area contributed by atoms with Gasteiger partial charge < -0.3 is 4.98 Å². The van der Waals surface area contributed by atoms with Crippen molar-refractivity contribution in [3.8, 4) is 11.4 Å². The number of nitrogens with zero attached hydrogens (tertiary/aromatic N) is 1. The molecule has 1 aromatic heterocycles. The van der Waals surface area contributed by atoms with Crippen molar-refractivity contribution in [2.24, 2.45) is 0 Å². The normalized spacial score (nSPS) is 10.9. The van der Waals surface area contributed by atoms with E-state index in [1.165, 1.54) is 5.56 Å². The Hall–Kier alpha value is -1.61. The zero-order chi connectivity index (χ0) is 11.8. The number of aromatic nitrogens is 2. The van der Waals surface area contributed by atoms with Crippen LogP contribution in [0.3, 0.4) is 0 Å². The Balaban J connectivity index is 2.24. The lowest BCUT2D eigenvalue weighted by Gasteiger charge is -1.96. The predicted molar refractivity (Wildman–Crippen MR) is 74.0 cm³/mol. The number of hydrogen-bond donors (Lipinski definition) is 1. The monoisotopic (exact) mass is 286 g/mol. The van der Waals surface area contributed by atoms with Gasteiger partial charge in [-0.1, -0.05) is 46.3 Å². The molecule has 0 fully saturated rings. The van der Waals surface area contributed by atoms with Crippen LogP contribution in [0.1, 0.15) is 5.56 Å². The molecule has 3 aromatic rings. The summed E-state index contributed by atoms with van der Waals surface area (Å²) in [6, 6.07) is 14.3. The third kappa shape index (κ3) is 1.76. The maximum Gasteiger partial charge on any atom is 0.138 e. The van der Waals surface area contributed by atoms with Crippen LogP contribution in [0, 0.1) is 6.92 Å². The smallest absolute Gasteiger partial charge is 0.138 e. The lowest BCUT2D eigenvalue weighted by Crippen LogP contribution is -1.79. The SMILES string of the molecule is Cc1c(Br)ccc2[nH]c(-c3ccccc3)nc12. The highest BCUT2D eigenvalue weighted by molar-refractivity contribution is 9.10. The molecular weight excluding hydrogens is 276 g/mol. The van der Waals surface area contributed by atoms with Gasteiger partial charge in [-0.25, -0.2) is 4.98 Å². The van der Waals surface area contributed by atoms with Crippen LogP contribution >= 0.6 is 15.9 Å². The highest BCUT2D eigenvalue weighted by atomic mass is 79.9. The number of hydrogen-bond acceptors (Lipinski definition) is 1. The summed E-state index contributed by atoms with van der Waals surface area (Å²) in [6.07, 6.45) is 0. The molecule has 0 unspecified atom stereocenters. The van der Waals surface area contributed by atoms with Crippen molar-refractivity contribution >= 4 is 27.0 Å². The predicted octanol–water partition coefficient (Wildman–Crippen LogP) is 4.30. The molecule has 3 rings (SSSR count). The van der Waals surface area contributed by atoms with Crippen LogP contribution in [0.25, 0.3) is 22.4 Å². The number of benzene rings is 2. The molecule has 0 atom stereocenters. The zero-order valence-corrected chi connectivity index (χ0v) is 11.0. The second-order valence-corrected chi connectivity index (χ2v) is 4.87. The Labute approximate surface area is 108 Å². The maximum absolute atomic E-state index is 4.66. The van der Waals surface area contributed by atoms with E-state index < -0.39 is 0 Å². The molecule has 1 N–H and O–H groups in total. The molecule has 0 spiro atoms. The topological polar surface area (TPSA) is 28.7 Å². The first kappa shape index (κ1) is 10.5. The molecule has 0 radical (unpaired) electrons. The first-order valence-corrected chi connectivity index (χ1v) is 6.25. The number of imidazole rings is 1. The maximum atomic E-state index is 4.66. The summed E-state index contributed by atoms with van der Waals surface area (Å²) in [5.74, 6) is 0.918. The third-order valence-electron chi connectivity index (χ3n) is 2.89. The van der Waals surface area contributed by atoms with E-state index in [9.17, 15) is 0 Å². The third-order valence-corrected chi connectivity index (χ3v) is 3.75. The molecule has 0 saturated heterocycles. The van der Waals surface area contributed by atoms with Crippen molar-refractivity contribution in [3.63, 3.8) is 0 Å². The van der Waals surface area contributed by atoms with Crippen LogP contribution in [0.2, 0.25) is 0 Å². The quantitative estimate of drug-likeness (QED) is 0.710. The van der Waals surface area contributed by atoms with Gasteiger partial charge in [-0.2, -0.15) is 0 Å². The number of aryl methyl sites for hydroxylation is 1. The number of nitrogens with one attached hydrogen (secondary N) is 1. The van der Waals surface area contributed by atoms with Gasteiger partial charge in [0.25, 0.3) is 0 Å². The zero-order valence-electron chi connectivity index (χ0n) is 9.37. The second kappa shape index (κ2) is 4.00. The molecule has 0 aliphatic heterocycles. The summed E-state index contributed by atoms with van der Waals surface area (Å²) < 4.78 is 1.09. The van der Waals surface area contributed by atoms with Gasteiger partial charge in [0, 0.05) is 10.0 Å². The standard InChI is InChI=1S/C14H11BrN2/c1-9-11(15)7-8-12-13(9)17-14(16-12)10-5-3-2-4-6-10/h2-8H,1H3,(H,16,17). The largest absolute Gasteiger partial charge is 0.338 e. The highest BCUT2D eigenvalue weighted by Crippen LogP contribution is 2.26. The van der Waals surface area contributed by atoms with Gasteiger partial charge in [-0.15, -0.1) is 0 Å². The van der Waals surface area contributed by atoms with Crippen LogP contribution in [0.15, 0.2) is 46.9 Å². The summed E-state index contributed by atoms with van der Waals surface area (Å²) >= 11 is 3.53. The molecule has 3 heteroatoms. The fraction of sp³-hybridized carbons (Fsp3) is 0.0714. The fourth-order valence-electron chi connectivity index (χ4n) is 1.92. The molecule has 84 valence electrons. The van der Waals surface area contributed by atoms with E-state index in [1.54, 1.807) is 0 Å². The minimum Gasteiger partial charge on any atom is -0.338 e. The molecule has 17 heavy (non-hydrogen) atoms. The van der Waals surface area contributed by atoms with Crippen LogP contribution in [0.5, 0.6) is 0 Å². The van der Waals surface area contributed by atoms with E-state index in [-0.39, 0.29) is 0 Å². The minimum atomic E-state index is 0.918. The summed E-state index contributed by atoms with van der Waals surface area (Å²) in [5, 5.41) is 0. The highest BCUT2D eigenvalue weighted by Gasteiger charge is 2.08. The first-order chi connectivity index (χ1) is 8.25. The van der Waals surface area contributed by atoms with Gasteiger partial charge in [0.1, 0.15) is 5.82 Å². The molecule has 0 aliphatic rings. The van der Waals surface area contributed by atoms with Gasteiger partial charge in [0.05, 0.1) is 11.0 Å². The number of fused-ring (bicyclic) bond motifs is 1. The summed E-state index contributed by atoms with van der Waals surface area (Å²) in [4.78, 5) is 8.01. The Morgan fingerprint density at radius 1 is 1.06 bits per heavy atom. The lowest BCUT2D eigenvalue weighted by atomic mass is 10.2. The minimum absolute atomic E-state index is 0.918. The van der Waals surface area contributed by atoms with Crippen molar-refractivity contribution in [1.82, 2.24) is 9.97 Å². The van der Waals surface area contributed by atoms with Gasteiger partial charge in [-0.3, -0.25) is 0 Å². The lowest BCUT2D eigenvalue weighted by molar-refractivity contribution is 1.33. The van der Waals surface area contributed by atoms with E-state index in [4.69, 9.17) is 0 Å². The summed E-state index contributed by atoms with van der Waals surface area (Å²) in [5.41, 5.74) is 4.38. The van der Waals surface area contributed by atoms with E-state index in [0.717, 1.165) is 26.9 Å².